The van der Waals surface area contributed by atoms with Gasteiger partial charge < -0.3 is 16.0 Å². The molecule has 33 heavy (non-hydrogen) atoms. The van der Waals surface area contributed by atoms with E-state index in [0.29, 0.717) is 5.82 Å². The van der Waals surface area contributed by atoms with E-state index in [4.69, 9.17) is 10.8 Å². The number of piperidine rings is 1. The number of rotatable bonds is 4. The summed E-state index contributed by atoms with van der Waals surface area (Å²) in [5.74, 6) is 0.260. The maximum atomic E-state index is 13.8. The van der Waals surface area contributed by atoms with Crippen LogP contribution in [0.4, 0.5) is 15.9 Å². The Bertz CT molecular complexity index is 1310. The third-order valence-electron chi connectivity index (χ3n) is 6.77. The van der Waals surface area contributed by atoms with E-state index in [1.165, 1.54) is 17.5 Å². The van der Waals surface area contributed by atoms with Crippen molar-refractivity contribution >= 4 is 22.5 Å². The molecule has 8 heteroatoms. The van der Waals surface area contributed by atoms with Gasteiger partial charge in [0, 0.05) is 30.9 Å². The molecule has 2 aliphatic heterocycles. The standard InChI is InChI=1S/C25H26FN7/c26-19-8-7-17-9-11-32(21(17)12-19)14-16-3-5-18(6-4-16)23-22-24(27)29-15-30-25(22)33(31-23)20-2-1-10-28-13-20/h3-8,12,15,20,28H,1-2,9-11,13-14H2,(H2,27,29,30)/t20-/m1/s1. The molecule has 1 atom stereocenters. The highest BCUT2D eigenvalue weighted by atomic mass is 19.1. The summed E-state index contributed by atoms with van der Waals surface area (Å²) >= 11 is 0. The Hall–Kier alpha value is -3.52. The van der Waals surface area contributed by atoms with Crippen LogP contribution in [0.5, 0.6) is 0 Å². The van der Waals surface area contributed by atoms with Gasteiger partial charge in [0.05, 0.1) is 11.4 Å². The molecule has 4 heterocycles. The van der Waals surface area contributed by atoms with Crippen molar-refractivity contribution in [1.82, 2.24) is 25.1 Å². The number of nitrogens with two attached hydrogens (primary N) is 1. The van der Waals surface area contributed by atoms with Crippen molar-refractivity contribution in [2.24, 2.45) is 0 Å². The van der Waals surface area contributed by atoms with Crippen LogP contribution in [0.25, 0.3) is 22.3 Å². The van der Waals surface area contributed by atoms with Crippen molar-refractivity contribution in [3.63, 3.8) is 0 Å². The first kappa shape index (κ1) is 20.1. The lowest BCUT2D eigenvalue weighted by molar-refractivity contribution is 0.354. The average molecular weight is 444 g/mol. The van der Waals surface area contributed by atoms with E-state index < -0.39 is 0 Å². The molecule has 1 saturated heterocycles. The van der Waals surface area contributed by atoms with Gasteiger partial charge in [0.2, 0.25) is 0 Å². The first-order valence-electron chi connectivity index (χ1n) is 11.5. The number of nitrogens with zero attached hydrogens (tertiary/aromatic N) is 5. The number of nitrogens with one attached hydrogen (secondary N) is 1. The third-order valence-corrected chi connectivity index (χ3v) is 6.77. The van der Waals surface area contributed by atoms with E-state index in [1.807, 2.05) is 10.7 Å². The van der Waals surface area contributed by atoms with E-state index in [9.17, 15) is 4.39 Å². The molecule has 6 rings (SSSR count). The van der Waals surface area contributed by atoms with Gasteiger partial charge in [-0.2, -0.15) is 5.10 Å². The maximum absolute atomic E-state index is 13.8. The van der Waals surface area contributed by atoms with Crippen LogP contribution in [0.15, 0.2) is 48.8 Å². The fourth-order valence-electron chi connectivity index (χ4n) is 5.07. The summed E-state index contributed by atoms with van der Waals surface area (Å²) in [6.45, 7) is 3.55. The van der Waals surface area contributed by atoms with E-state index in [-0.39, 0.29) is 11.9 Å². The van der Waals surface area contributed by atoms with Gasteiger partial charge >= 0.3 is 0 Å². The van der Waals surface area contributed by atoms with Crippen molar-refractivity contribution in [2.45, 2.75) is 31.8 Å². The summed E-state index contributed by atoms with van der Waals surface area (Å²) in [7, 11) is 0. The summed E-state index contributed by atoms with van der Waals surface area (Å²) in [5, 5.41) is 9.21. The molecule has 2 aromatic carbocycles. The van der Waals surface area contributed by atoms with E-state index in [0.717, 1.165) is 73.4 Å². The molecule has 0 radical (unpaired) electrons. The number of hydrogen-bond acceptors (Lipinski definition) is 6. The Morgan fingerprint density at radius 3 is 2.82 bits per heavy atom. The lowest BCUT2D eigenvalue weighted by atomic mass is 10.1. The zero-order valence-electron chi connectivity index (χ0n) is 18.3. The molecule has 0 bridgehead atoms. The molecule has 0 unspecified atom stereocenters. The molecular formula is C25H26FN7. The van der Waals surface area contributed by atoms with Gasteiger partial charge in [-0.1, -0.05) is 30.3 Å². The Kier molecular flexibility index (Phi) is 4.95. The topological polar surface area (TPSA) is 84.9 Å². The summed E-state index contributed by atoms with van der Waals surface area (Å²) in [6.07, 6.45) is 4.63. The number of benzene rings is 2. The van der Waals surface area contributed by atoms with Gasteiger partial charge in [0.1, 0.15) is 23.7 Å². The molecule has 7 nitrogen and oxygen atoms in total. The largest absolute Gasteiger partial charge is 0.383 e. The summed E-state index contributed by atoms with van der Waals surface area (Å²) in [5.41, 5.74) is 12.2. The molecule has 2 aliphatic rings. The van der Waals surface area contributed by atoms with Crippen molar-refractivity contribution < 1.29 is 4.39 Å². The molecular weight excluding hydrogens is 417 g/mol. The maximum Gasteiger partial charge on any atom is 0.164 e. The monoisotopic (exact) mass is 443 g/mol. The second-order valence-corrected chi connectivity index (χ2v) is 8.89. The molecule has 0 spiro atoms. The van der Waals surface area contributed by atoms with Gasteiger partial charge in [-0.15, -0.1) is 0 Å². The van der Waals surface area contributed by atoms with E-state index in [2.05, 4.69) is 44.5 Å². The van der Waals surface area contributed by atoms with Crippen LogP contribution in [0, 0.1) is 5.82 Å². The van der Waals surface area contributed by atoms with Crippen LogP contribution in [0.2, 0.25) is 0 Å². The summed E-state index contributed by atoms with van der Waals surface area (Å²) < 4.78 is 15.8. The van der Waals surface area contributed by atoms with Crippen LogP contribution >= 0.6 is 0 Å². The highest BCUT2D eigenvalue weighted by Crippen LogP contribution is 2.34. The number of hydrogen-bond donors (Lipinski definition) is 2. The zero-order valence-corrected chi connectivity index (χ0v) is 18.3. The second-order valence-electron chi connectivity index (χ2n) is 8.89. The number of nitrogen functional groups attached to an aromatic ring is 1. The average Bonchev–Trinajstić information content (AvgIpc) is 3.43. The Labute approximate surface area is 191 Å². The zero-order chi connectivity index (χ0) is 22.4. The minimum Gasteiger partial charge on any atom is -0.383 e. The minimum atomic E-state index is -0.188. The first-order chi connectivity index (χ1) is 16.2. The minimum absolute atomic E-state index is 0.188. The number of anilines is 2. The second kappa shape index (κ2) is 8.12. The van der Waals surface area contributed by atoms with Crippen LogP contribution in [0.3, 0.4) is 0 Å². The van der Waals surface area contributed by atoms with Gasteiger partial charge in [-0.3, -0.25) is 0 Å². The van der Waals surface area contributed by atoms with Crippen molar-refractivity contribution in [2.75, 3.05) is 30.3 Å². The lowest BCUT2D eigenvalue weighted by Gasteiger charge is -2.23. The van der Waals surface area contributed by atoms with E-state index in [1.54, 1.807) is 12.1 Å². The Morgan fingerprint density at radius 2 is 2.00 bits per heavy atom. The molecule has 1 fully saturated rings. The normalized spacial score (nSPS) is 18.1. The molecule has 4 aromatic rings. The van der Waals surface area contributed by atoms with Gasteiger partial charge in [0.25, 0.3) is 0 Å². The van der Waals surface area contributed by atoms with Crippen molar-refractivity contribution in [1.29, 1.82) is 0 Å². The molecule has 2 aromatic heterocycles. The van der Waals surface area contributed by atoms with Crippen LogP contribution in [-0.2, 0) is 13.0 Å². The highest BCUT2D eigenvalue weighted by molar-refractivity contribution is 5.98. The Balaban J connectivity index is 1.31. The molecule has 0 aliphatic carbocycles. The van der Waals surface area contributed by atoms with Crippen LogP contribution in [0.1, 0.15) is 30.0 Å². The molecule has 0 amide bonds. The first-order valence-corrected chi connectivity index (χ1v) is 11.5. The summed E-state index contributed by atoms with van der Waals surface area (Å²) in [6, 6.07) is 13.7. The molecule has 0 saturated carbocycles. The predicted octanol–water partition coefficient (Wildman–Crippen LogP) is 3.70. The fourth-order valence-corrected chi connectivity index (χ4v) is 5.07. The van der Waals surface area contributed by atoms with Gasteiger partial charge in [-0.25, -0.2) is 19.0 Å². The fraction of sp³-hybridized carbons (Fsp3) is 0.320. The van der Waals surface area contributed by atoms with Crippen LogP contribution in [-0.4, -0.2) is 39.4 Å². The van der Waals surface area contributed by atoms with Crippen molar-refractivity contribution in [3.8, 4) is 11.3 Å². The van der Waals surface area contributed by atoms with Crippen molar-refractivity contribution in [3.05, 3.63) is 65.7 Å². The molecule has 3 N–H and O–H groups in total. The van der Waals surface area contributed by atoms with Gasteiger partial charge in [-0.05, 0) is 49.1 Å². The number of halogens is 1. The predicted molar refractivity (Wildman–Crippen MR) is 127 cm³/mol. The lowest BCUT2D eigenvalue weighted by Crippen LogP contribution is -2.32. The third kappa shape index (κ3) is 3.60. The highest BCUT2D eigenvalue weighted by Gasteiger charge is 2.24. The molecule has 168 valence electrons. The van der Waals surface area contributed by atoms with E-state index >= 15 is 0 Å². The summed E-state index contributed by atoms with van der Waals surface area (Å²) in [4.78, 5) is 11.0. The number of fused-ring (bicyclic) bond motifs is 2. The van der Waals surface area contributed by atoms with Gasteiger partial charge in [0.15, 0.2) is 5.65 Å². The Morgan fingerprint density at radius 1 is 1.12 bits per heavy atom. The SMILES string of the molecule is Nc1ncnc2c1c(-c1ccc(CN3CCc4ccc(F)cc43)cc1)nn2[C@@H]1CCCNC1. The quantitative estimate of drug-likeness (QED) is 0.500. The van der Waals surface area contributed by atoms with Crippen LogP contribution < -0.4 is 16.0 Å². The smallest absolute Gasteiger partial charge is 0.164 e. The number of aromatic nitrogens is 4.